The first-order valence-corrected chi connectivity index (χ1v) is 14.9. The molecule has 7 atom stereocenters. The van der Waals surface area contributed by atoms with E-state index in [4.69, 9.17) is 44.3 Å². The molecule has 1 saturated heterocycles. The Hall–Kier alpha value is -1.52. The number of hydrogen-bond acceptors (Lipinski definition) is 7. The third-order valence-electron chi connectivity index (χ3n) is 8.04. The minimum atomic E-state index is -0.735. The molecule has 0 spiro atoms. The van der Waals surface area contributed by atoms with Gasteiger partial charge in [-0.2, -0.15) is 5.10 Å². The Kier molecular flexibility index (Phi) is 10.8. The number of piperidine rings is 1. The van der Waals surface area contributed by atoms with Gasteiger partial charge in [0.25, 0.3) is 0 Å². The van der Waals surface area contributed by atoms with Crippen molar-refractivity contribution in [3.8, 4) is 11.3 Å². The standard InChI is InChI=1S/C28H40Cl3N5O3/c1-4-17-5-6-18(9-23(17)29)21-10-19(7-8-32-12-20(38)15-37)33-14-25(21)35-16(2)26-11-22(28(31)39-26)27-24(30)13-34-36(27)3/h5-6,11,13,17-21,23,25,32-33,35,37-38H,2,4,7-10,12,14-15H2,1,3H3/t17?,18-,19?,20?,21?,23?,25?/m1/s1. The number of aromatic nitrogens is 2. The van der Waals surface area contributed by atoms with E-state index in [9.17, 15) is 5.11 Å². The van der Waals surface area contributed by atoms with Gasteiger partial charge in [0, 0.05) is 37.6 Å². The second kappa shape index (κ2) is 13.9. The van der Waals surface area contributed by atoms with Gasteiger partial charge in [-0.05, 0) is 67.6 Å². The van der Waals surface area contributed by atoms with Crippen LogP contribution in [0.4, 0.5) is 0 Å². The predicted molar refractivity (Wildman–Crippen MR) is 158 cm³/mol. The fourth-order valence-electron chi connectivity index (χ4n) is 5.80. The second-order valence-electron chi connectivity index (χ2n) is 10.7. The molecule has 8 nitrogen and oxygen atoms in total. The van der Waals surface area contributed by atoms with E-state index < -0.39 is 6.10 Å². The van der Waals surface area contributed by atoms with Crippen LogP contribution in [0.3, 0.4) is 0 Å². The lowest BCUT2D eigenvalue weighted by Crippen LogP contribution is -2.55. The van der Waals surface area contributed by atoms with Gasteiger partial charge in [0.1, 0.15) is 0 Å². The number of aliphatic hydroxyl groups is 2. The maximum atomic E-state index is 9.59. The number of halogens is 3. The number of rotatable bonds is 12. The van der Waals surface area contributed by atoms with Crippen molar-refractivity contribution in [2.75, 3.05) is 26.2 Å². The fourth-order valence-corrected chi connectivity index (χ4v) is 6.76. The summed E-state index contributed by atoms with van der Waals surface area (Å²) in [6.45, 7) is 8.12. The maximum absolute atomic E-state index is 9.59. The predicted octanol–water partition coefficient (Wildman–Crippen LogP) is 4.44. The molecule has 6 unspecified atom stereocenters. The van der Waals surface area contributed by atoms with Crippen molar-refractivity contribution in [3.05, 3.63) is 47.0 Å². The zero-order chi connectivity index (χ0) is 28.1. The van der Waals surface area contributed by atoms with Crippen LogP contribution in [0.1, 0.15) is 38.4 Å². The summed E-state index contributed by atoms with van der Waals surface area (Å²) in [4.78, 5) is 0. The largest absolute Gasteiger partial charge is 0.442 e. The Morgan fingerprint density at radius 3 is 2.79 bits per heavy atom. The highest BCUT2D eigenvalue weighted by Gasteiger charge is 2.38. The van der Waals surface area contributed by atoms with Crippen molar-refractivity contribution in [1.29, 1.82) is 0 Å². The summed E-state index contributed by atoms with van der Waals surface area (Å²) in [5, 5.41) is 34.2. The normalized spacial score (nSPS) is 28.0. The van der Waals surface area contributed by atoms with Crippen LogP contribution in [0.5, 0.6) is 0 Å². The van der Waals surface area contributed by atoms with E-state index in [2.05, 4.69) is 46.7 Å². The molecule has 0 saturated carbocycles. The third kappa shape index (κ3) is 7.41. The number of alkyl halides is 1. The lowest BCUT2D eigenvalue weighted by molar-refractivity contribution is 0.0939. The summed E-state index contributed by atoms with van der Waals surface area (Å²) in [7, 11) is 1.81. The molecule has 2 aliphatic rings. The summed E-state index contributed by atoms with van der Waals surface area (Å²) >= 11 is 19.6. The molecule has 11 heteroatoms. The van der Waals surface area contributed by atoms with Crippen LogP contribution < -0.4 is 16.0 Å². The molecule has 2 aromatic rings. The lowest BCUT2D eigenvalue weighted by atomic mass is 9.72. The van der Waals surface area contributed by atoms with Gasteiger partial charge in [-0.1, -0.05) is 37.3 Å². The smallest absolute Gasteiger partial charge is 0.203 e. The van der Waals surface area contributed by atoms with Crippen LogP contribution in [-0.4, -0.2) is 69.8 Å². The molecule has 0 bridgehead atoms. The topological polar surface area (TPSA) is 108 Å². The Labute approximate surface area is 245 Å². The van der Waals surface area contributed by atoms with Crippen LogP contribution in [0.15, 0.2) is 35.4 Å². The molecule has 1 aliphatic carbocycles. The zero-order valence-corrected chi connectivity index (χ0v) is 24.8. The highest BCUT2D eigenvalue weighted by Crippen LogP contribution is 2.39. The minimum Gasteiger partial charge on any atom is -0.442 e. The van der Waals surface area contributed by atoms with Crippen molar-refractivity contribution < 1.29 is 14.6 Å². The highest BCUT2D eigenvalue weighted by molar-refractivity contribution is 6.35. The number of aliphatic hydroxyl groups excluding tert-OH is 2. The molecule has 3 heterocycles. The van der Waals surface area contributed by atoms with Crippen molar-refractivity contribution >= 4 is 40.5 Å². The van der Waals surface area contributed by atoms with Gasteiger partial charge in [-0.25, -0.2) is 0 Å². The minimum absolute atomic E-state index is 0.113. The number of allylic oxidation sites excluding steroid dienone is 2. The Morgan fingerprint density at radius 2 is 2.13 bits per heavy atom. The molecule has 216 valence electrons. The molecule has 4 rings (SSSR count). The molecule has 0 radical (unpaired) electrons. The molecule has 1 aliphatic heterocycles. The second-order valence-corrected chi connectivity index (χ2v) is 12.0. The molecular weight excluding hydrogens is 561 g/mol. The zero-order valence-electron chi connectivity index (χ0n) is 22.5. The number of aryl methyl sites for hydroxylation is 1. The third-order valence-corrected chi connectivity index (χ3v) is 9.10. The molecule has 1 fully saturated rings. The quantitative estimate of drug-likeness (QED) is 0.139. The van der Waals surface area contributed by atoms with Crippen LogP contribution >= 0.6 is 34.8 Å². The van der Waals surface area contributed by atoms with E-state index >= 15 is 0 Å². The maximum Gasteiger partial charge on any atom is 0.203 e. The number of hydrogen-bond donors (Lipinski definition) is 5. The van der Waals surface area contributed by atoms with E-state index in [0.29, 0.717) is 58.1 Å². The summed E-state index contributed by atoms with van der Waals surface area (Å²) < 4.78 is 7.56. The van der Waals surface area contributed by atoms with Crippen LogP contribution in [0, 0.1) is 17.8 Å². The Bertz CT molecular complexity index is 1120. The molecular formula is C28H40Cl3N5O3. The number of nitrogens with one attached hydrogen (secondary N) is 3. The average molecular weight is 601 g/mol. The van der Waals surface area contributed by atoms with E-state index in [1.54, 1.807) is 17.9 Å². The van der Waals surface area contributed by atoms with Gasteiger partial charge in [-0.3, -0.25) is 4.68 Å². The summed E-state index contributed by atoms with van der Waals surface area (Å²) in [6, 6.07) is 2.28. The van der Waals surface area contributed by atoms with E-state index in [0.717, 1.165) is 38.8 Å². The van der Waals surface area contributed by atoms with Crippen molar-refractivity contribution in [1.82, 2.24) is 25.7 Å². The summed E-state index contributed by atoms with van der Waals surface area (Å²) in [5.41, 5.74) is 2.02. The molecule has 0 amide bonds. The first-order chi connectivity index (χ1) is 18.7. The van der Waals surface area contributed by atoms with Crippen molar-refractivity contribution in [3.63, 3.8) is 0 Å². The number of furan rings is 1. The first kappa shape index (κ1) is 30.4. The van der Waals surface area contributed by atoms with Crippen molar-refractivity contribution in [2.24, 2.45) is 24.8 Å². The average Bonchev–Trinajstić information content (AvgIpc) is 3.47. The SMILES string of the molecule is C=C(NC1CNC(CCNCC(O)CO)CC1[C@@H]1C=CC(CC)C(Cl)C1)c1cc(-c2c(Cl)cnn2C)c(Cl)o1. The summed E-state index contributed by atoms with van der Waals surface area (Å²) in [5.74, 6) is 1.65. The van der Waals surface area contributed by atoms with Crippen LogP contribution in [0.25, 0.3) is 17.0 Å². The molecule has 39 heavy (non-hydrogen) atoms. The fraction of sp³-hybridized carbons (Fsp3) is 0.607. The van der Waals surface area contributed by atoms with Gasteiger partial charge >= 0.3 is 0 Å². The van der Waals surface area contributed by atoms with Crippen LogP contribution in [-0.2, 0) is 7.05 Å². The number of nitrogens with zero attached hydrogens (tertiary/aromatic N) is 2. The van der Waals surface area contributed by atoms with E-state index in [1.807, 2.05) is 6.07 Å². The van der Waals surface area contributed by atoms with E-state index in [-0.39, 0.29) is 23.2 Å². The van der Waals surface area contributed by atoms with E-state index in [1.165, 1.54) is 0 Å². The highest BCUT2D eigenvalue weighted by atomic mass is 35.5. The first-order valence-electron chi connectivity index (χ1n) is 13.7. The Morgan fingerprint density at radius 1 is 1.33 bits per heavy atom. The van der Waals surface area contributed by atoms with Crippen LogP contribution in [0.2, 0.25) is 10.2 Å². The monoisotopic (exact) mass is 599 g/mol. The van der Waals surface area contributed by atoms with Gasteiger partial charge < -0.3 is 30.6 Å². The van der Waals surface area contributed by atoms with Crippen molar-refractivity contribution in [2.45, 2.75) is 56.2 Å². The molecule has 5 N–H and O–H groups in total. The van der Waals surface area contributed by atoms with Gasteiger partial charge in [0.05, 0.1) is 40.9 Å². The van der Waals surface area contributed by atoms with Gasteiger partial charge in [-0.15, -0.1) is 11.6 Å². The lowest BCUT2D eigenvalue weighted by Gasteiger charge is -2.43. The molecule has 0 aromatic carbocycles. The molecule has 2 aromatic heterocycles. The van der Waals surface area contributed by atoms with Gasteiger partial charge in [0.15, 0.2) is 5.76 Å². The van der Waals surface area contributed by atoms with Gasteiger partial charge in [0.2, 0.25) is 5.22 Å². The summed E-state index contributed by atoms with van der Waals surface area (Å²) in [6.07, 6.45) is 9.37. The Balaban J connectivity index is 1.46.